The minimum Gasteiger partial charge on any atom is -0.323 e. The van der Waals surface area contributed by atoms with E-state index in [1.807, 2.05) is 35.0 Å². The molecule has 2 amide bonds. The molecule has 4 rings (SSSR count). The van der Waals surface area contributed by atoms with Crippen LogP contribution in [0.15, 0.2) is 46.5 Å². The Bertz CT molecular complexity index is 886. The van der Waals surface area contributed by atoms with Gasteiger partial charge in [-0.2, -0.15) is 11.3 Å². The highest BCUT2D eigenvalue weighted by Gasteiger charge is 2.28. The van der Waals surface area contributed by atoms with E-state index >= 15 is 0 Å². The number of para-hydroxylation sites is 2. The Balaban J connectivity index is 1.68. The van der Waals surface area contributed by atoms with Gasteiger partial charge in [-0.1, -0.05) is 12.1 Å². The lowest BCUT2D eigenvalue weighted by Gasteiger charge is -2.28. The lowest BCUT2D eigenvalue weighted by molar-refractivity contribution is -0.115. The largest absolute Gasteiger partial charge is 0.323 e. The van der Waals surface area contributed by atoms with Gasteiger partial charge in [-0.25, -0.2) is 4.98 Å². The summed E-state index contributed by atoms with van der Waals surface area (Å²) in [7, 11) is 0. The molecule has 1 N–H and O–H groups in total. The third-order valence-corrected chi connectivity index (χ3v) is 5.08. The second kappa shape index (κ2) is 5.60. The molecule has 0 saturated carbocycles. The van der Waals surface area contributed by atoms with Crippen LogP contribution in [0.25, 0.3) is 10.6 Å². The number of aromatic nitrogens is 1. The maximum atomic E-state index is 12.8. The maximum Gasteiger partial charge on any atom is 0.278 e. The Morgan fingerprint density at radius 3 is 2.91 bits per heavy atom. The molecule has 0 fully saturated rings. The smallest absolute Gasteiger partial charge is 0.278 e. The maximum absolute atomic E-state index is 12.8. The normalized spacial score (nSPS) is 13.6. The fourth-order valence-electron chi connectivity index (χ4n) is 2.44. The van der Waals surface area contributed by atoms with E-state index in [4.69, 9.17) is 0 Å². The van der Waals surface area contributed by atoms with Crippen molar-refractivity contribution in [3.63, 3.8) is 0 Å². The predicted molar refractivity (Wildman–Crippen MR) is 92.2 cm³/mol. The third-order valence-electron chi connectivity index (χ3n) is 3.51. The zero-order chi connectivity index (χ0) is 15.8. The molecule has 3 heterocycles. The summed E-state index contributed by atoms with van der Waals surface area (Å²) in [6.07, 6.45) is 0. The number of nitrogens with one attached hydrogen (secondary N) is 1. The van der Waals surface area contributed by atoms with Crippen LogP contribution in [-0.4, -0.2) is 23.3 Å². The second-order valence-electron chi connectivity index (χ2n) is 5.01. The van der Waals surface area contributed by atoms with Crippen molar-refractivity contribution < 1.29 is 9.59 Å². The quantitative estimate of drug-likeness (QED) is 0.776. The highest BCUT2D eigenvalue weighted by atomic mass is 32.1. The van der Waals surface area contributed by atoms with Crippen LogP contribution < -0.4 is 10.2 Å². The Hall–Kier alpha value is -2.51. The topological polar surface area (TPSA) is 62.3 Å². The summed E-state index contributed by atoms with van der Waals surface area (Å²) in [5.41, 5.74) is 2.71. The fourth-order valence-corrected chi connectivity index (χ4v) is 3.95. The number of rotatable bonds is 2. The summed E-state index contributed by atoms with van der Waals surface area (Å²) in [5.74, 6) is -0.463. The van der Waals surface area contributed by atoms with E-state index in [1.54, 1.807) is 22.8 Å². The summed E-state index contributed by atoms with van der Waals surface area (Å²) in [5, 5.41) is 9.30. The van der Waals surface area contributed by atoms with Crippen LogP contribution in [0.3, 0.4) is 0 Å². The minimum atomic E-state index is -0.259. The first kappa shape index (κ1) is 14.1. The Labute approximate surface area is 140 Å². The zero-order valence-corrected chi connectivity index (χ0v) is 13.5. The van der Waals surface area contributed by atoms with Gasteiger partial charge in [-0.3, -0.25) is 14.5 Å². The highest BCUT2D eigenvalue weighted by Crippen LogP contribution is 2.31. The molecule has 5 nitrogen and oxygen atoms in total. The van der Waals surface area contributed by atoms with Crippen molar-refractivity contribution in [2.75, 3.05) is 16.8 Å². The number of nitrogens with zero attached hydrogens (tertiary/aromatic N) is 2. The van der Waals surface area contributed by atoms with Gasteiger partial charge < -0.3 is 5.32 Å². The van der Waals surface area contributed by atoms with Gasteiger partial charge >= 0.3 is 0 Å². The van der Waals surface area contributed by atoms with E-state index in [-0.39, 0.29) is 18.4 Å². The van der Waals surface area contributed by atoms with Crippen LogP contribution >= 0.6 is 22.7 Å². The molecule has 0 radical (unpaired) electrons. The van der Waals surface area contributed by atoms with E-state index in [1.165, 1.54) is 16.2 Å². The molecule has 0 saturated heterocycles. The SMILES string of the molecule is O=C1CN(C(=O)c2csc(-c3ccsc3)n2)c2ccccc2N1. The Kier molecular flexibility index (Phi) is 3.44. The van der Waals surface area contributed by atoms with Gasteiger partial charge in [0.05, 0.1) is 11.4 Å². The molecule has 0 spiro atoms. The summed E-state index contributed by atoms with van der Waals surface area (Å²) in [6, 6.07) is 9.24. The predicted octanol–water partition coefficient (Wildman–Crippen LogP) is 3.47. The molecular formula is C16H11N3O2S2. The van der Waals surface area contributed by atoms with Crippen molar-refractivity contribution in [2.24, 2.45) is 0 Å². The number of thiazole rings is 1. The van der Waals surface area contributed by atoms with Gasteiger partial charge in [0.2, 0.25) is 5.91 Å². The third kappa shape index (κ3) is 2.54. The van der Waals surface area contributed by atoms with Crippen LogP contribution in [0.4, 0.5) is 11.4 Å². The van der Waals surface area contributed by atoms with Crippen LogP contribution in [-0.2, 0) is 4.79 Å². The van der Waals surface area contributed by atoms with Crippen molar-refractivity contribution in [1.82, 2.24) is 4.98 Å². The molecule has 23 heavy (non-hydrogen) atoms. The first-order valence-electron chi connectivity index (χ1n) is 6.91. The standard InChI is InChI=1S/C16H11N3O2S2/c20-14-7-19(13-4-2-1-3-11(13)17-14)16(21)12-9-23-15(18-12)10-5-6-22-8-10/h1-6,8-9H,7H2,(H,17,20). The molecule has 0 bridgehead atoms. The number of hydrogen-bond donors (Lipinski definition) is 1. The van der Waals surface area contributed by atoms with Crippen LogP contribution in [0.5, 0.6) is 0 Å². The minimum absolute atomic E-state index is 0.00115. The molecule has 0 atom stereocenters. The van der Waals surface area contributed by atoms with Gasteiger partial charge in [0, 0.05) is 16.3 Å². The van der Waals surface area contributed by atoms with Gasteiger partial charge in [0.1, 0.15) is 17.2 Å². The number of amides is 2. The fraction of sp³-hybridized carbons (Fsp3) is 0.0625. The van der Waals surface area contributed by atoms with Crippen LogP contribution in [0.1, 0.15) is 10.5 Å². The zero-order valence-electron chi connectivity index (χ0n) is 11.9. The van der Waals surface area contributed by atoms with E-state index < -0.39 is 0 Å². The molecule has 3 aromatic rings. The van der Waals surface area contributed by atoms with E-state index in [0.717, 1.165) is 10.6 Å². The number of anilines is 2. The Morgan fingerprint density at radius 2 is 2.09 bits per heavy atom. The van der Waals surface area contributed by atoms with Crippen molar-refractivity contribution in [2.45, 2.75) is 0 Å². The Morgan fingerprint density at radius 1 is 1.22 bits per heavy atom. The number of thiophene rings is 1. The van der Waals surface area contributed by atoms with Gasteiger partial charge in [-0.15, -0.1) is 11.3 Å². The molecule has 1 aromatic carbocycles. The lowest BCUT2D eigenvalue weighted by Crippen LogP contribution is -2.42. The molecule has 0 unspecified atom stereocenters. The number of fused-ring (bicyclic) bond motifs is 1. The lowest BCUT2D eigenvalue weighted by atomic mass is 10.2. The number of carbonyl (C=O) groups excluding carboxylic acids is 2. The van der Waals surface area contributed by atoms with E-state index in [9.17, 15) is 9.59 Å². The van der Waals surface area contributed by atoms with Crippen molar-refractivity contribution in [1.29, 1.82) is 0 Å². The van der Waals surface area contributed by atoms with Crippen LogP contribution in [0.2, 0.25) is 0 Å². The summed E-state index contributed by atoms with van der Waals surface area (Å²) in [4.78, 5) is 30.5. The number of benzene rings is 1. The van der Waals surface area contributed by atoms with Crippen molar-refractivity contribution in [3.8, 4) is 10.6 Å². The summed E-state index contributed by atoms with van der Waals surface area (Å²) in [6.45, 7) is 0.00115. The molecule has 0 aliphatic carbocycles. The number of carbonyl (C=O) groups is 2. The molecule has 1 aliphatic rings. The van der Waals surface area contributed by atoms with Gasteiger partial charge in [0.15, 0.2) is 0 Å². The molecule has 114 valence electrons. The molecule has 2 aromatic heterocycles. The number of hydrogen-bond acceptors (Lipinski definition) is 5. The summed E-state index contributed by atoms with van der Waals surface area (Å²) >= 11 is 3.02. The van der Waals surface area contributed by atoms with Crippen LogP contribution in [0, 0.1) is 0 Å². The van der Waals surface area contributed by atoms with Gasteiger partial charge in [-0.05, 0) is 23.6 Å². The first-order chi connectivity index (χ1) is 11.2. The molecule has 7 heteroatoms. The van der Waals surface area contributed by atoms with E-state index in [0.29, 0.717) is 17.1 Å². The average molecular weight is 341 g/mol. The highest BCUT2D eigenvalue weighted by molar-refractivity contribution is 7.14. The second-order valence-corrected chi connectivity index (χ2v) is 6.64. The van der Waals surface area contributed by atoms with Crippen molar-refractivity contribution in [3.05, 3.63) is 52.2 Å². The van der Waals surface area contributed by atoms with E-state index in [2.05, 4.69) is 10.3 Å². The average Bonchev–Trinajstić information content (AvgIpc) is 3.24. The monoisotopic (exact) mass is 341 g/mol. The van der Waals surface area contributed by atoms with Crippen molar-refractivity contribution >= 4 is 45.9 Å². The summed E-state index contributed by atoms with van der Waals surface area (Å²) < 4.78 is 0. The van der Waals surface area contributed by atoms with Gasteiger partial charge in [0.25, 0.3) is 5.91 Å². The first-order valence-corrected chi connectivity index (χ1v) is 8.73. The molecule has 1 aliphatic heterocycles. The molecular weight excluding hydrogens is 330 g/mol.